The van der Waals surface area contributed by atoms with Crippen LogP contribution in [-0.4, -0.2) is 25.3 Å². The summed E-state index contributed by atoms with van der Waals surface area (Å²) in [4.78, 5) is 22.7. The maximum Gasteiger partial charge on any atom is 0.223 e. The molecule has 0 radical (unpaired) electrons. The van der Waals surface area contributed by atoms with E-state index in [1.807, 2.05) is 16.7 Å². The SMILES string of the molecule is NC(=O)Cc1cn2cc(C3CC3)ccc2n1.Nc1cnc(Br)cn1. The summed E-state index contributed by atoms with van der Waals surface area (Å²) in [5.74, 6) is 0.824. The van der Waals surface area contributed by atoms with Crippen molar-refractivity contribution in [3.8, 4) is 0 Å². The van der Waals surface area contributed by atoms with E-state index >= 15 is 0 Å². The first-order valence-electron chi connectivity index (χ1n) is 7.50. The second-order valence-electron chi connectivity index (χ2n) is 5.64. The highest BCUT2D eigenvalue weighted by molar-refractivity contribution is 9.10. The number of carbonyl (C=O) groups excluding carboxylic acids is 1. The number of pyridine rings is 1. The van der Waals surface area contributed by atoms with Crippen molar-refractivity contribution < 1.29 is 4.79 Å². The number of hydrogen-bond donors (Lipinski definition) is 2. The van der Waals surface area contributed by atoms with E-state index in [1.165, 1.54) is 24.6 Å². The van der Waals surface area contributed by atoms with Crippen LogP contribution >= 0.6 is 15.9 Å². The van der Waals surface area contributed by atoms with Gasteiger partial charge in [0, 0.05) is 12.4 Å². The molecule has 0 saturated heterocycles. The lowest BCUT2D eigenvalue weighted by atomic mass is 10.2. The smallest absolute Gasteiger partial charge is 0.223 e. The van der Waals surface area contributed by atoms with E-state index in [2.05, 4.69) is 43.1 Å². The normalized spacial score (nSPS) is 13.4. The van der Waals surface area contributed by atoms with Gasteiger partial charge in [0.25, 0.3) is 0 Å². The molecule has 124 valence electrons. The van der Waals surface area contributed by atoms with Crippen molar-refractivity contribution in [1.82, 2.24) is 19.4 Å². The number of anilines is 1. The Morgan fingerprint density at radius 3 is 2.62 bits per heavy atom. The van der Waals surface area contributed by atoms with Crippen molar-refractivity contribution in [2.24, 2.45) is 5.73 Å². The van der Waals surface area contributed by atoms with E-state index in [9.17, 15) is 4.79 Å². The van der Waals surface area contributed by atoms with E-state index < -0.39 is 0 Å². The van der Waals surface area contributed by atoms with Gasteiger partial charge in [0.1, 0.15) is 16.1 Å². The van der Waals surface area contributed by atoms with Gasteiger partial charge in [0.05, 0.1) is 24.5 Å². The molecule has 8 heteroatoms. The van der Waals surface area contributed by atoms with Gasteiger partial charge in [-0.15, -0.1) is 0 Å². The predicted octanol–water partition coefficient (Wildman–Crippen LogP) is 2.06. The van der Waals surface area contributed by atoms with Crippen molar-refractivity contribution in [2.75, 3.05) is 5.73 Å². The van der Waals surface area contributed by atoms with Crippen LogP contribution in [-0.2, 0) is 11.2 Å². The molecule has 7 nitrogen and oxygen atoms in total. The summed E-state index contributed by atoms with van der Waals surface area (Å²) in [7, 11) is 0. The summed E-state index contributed by atoms with van der Waals surface area (Å²) in [5, 5.41) is 0. The number of primary amides is 1. The Morgan fingerprint density at radius 2 is 2.04 bits per heavy atom. The number of nitrogens with zero attached hydrogens (tertiary/aromatic N) is 4. The molecule has 4 N–H and O–H groups in total. The molecule has 1 amide bonds. The summed E-state index contributed by atoms with van der Waals surface area (Å²) in [6.45, 7) is 0. The molecule has 1 aliphatic rings. The van der Waals surface area contributed by atoms with Gasteiger partial charge in [-0.1, -0.05) is 6.07 Å². The molecule has 0 atom stereocenters. The maximum atomic E-state index is 10.8. The molecular weight excluding hydrogens is 372 g/mol. The molecule has 0 spiro atoms. The number of carbonyl (C=O) groups is 1. The molecule has 0 aromatic carbocycles. The van der Waals surface area contributed by atoms with Crippen LogP contribution in [0.2, 0.25) is 0 Å². The second-order valence-corrected chi connectivity index (χ2v) is 6.45. The number of nitrogen functional groups attached to an aromatic ring is 1. The molecular formula is C16H17BrN6O. The van der Waals surface area contributed by atoms with Crippen LogP contribution in [0.1, 0.15) is 30.0 Å². The number of hydrogen-bond acceptors (Lipinski definition) is 5. The Bertz CT molecular complexity index is 836. The van der Waals surface area contributed by atoms with Crippen LogP contribution in [0, 0.1) is 0 Å². The lowest BCUT2D eigenvalue weighted by Gasteiger charge is -1.98. The molecule has 3 aromatic rings. The number of halogens is 1. The van der Waals surface area contributed by atoms with Crippen LogP contribution < -0.4 is 11.5 Å². The molecule has 0 unspecified atom stereocenters. The fourth-order valence-electron chi connectivity index (χ4n) is 2.31. The second kappa shape index (κ2) is 6.96. The summed E-state index contributed by atoms with van der Waals surface area (Å²) >= 11 is 3.12. The number of fused-ring (bicyclic) bond motifs is 1. The van der Waals surface area contributed by atoms with E-state index in [4.69, 9.17) is 11.5 Å². The third kappa shape index (κ3) is 4.29. The van der Waals surface area contributed by atoms with E-state index in [0.717, 1.165) is 17.3 Å². The number of aromatic nitrogens is 4. The van der Waals surface area contributed by atoms with Crippen molar-refractivity contribution in [3.05, 3.63) is 52.8 Å². The van der Waals surface area contributed by atoms with Crippen LogP contribution in [0.3, 0.4) is 0 Å². The average Bonchev–Trinajstić information content (AvgIpc) is 3.31. The quantitative estimate of drug-likeness (QED) is 0.712. The van der Waals surface area contributed by atoms with Crippen molar-refractivity contribution >= 4 is 33.3 Å². The van der Waals surface area contributed by atoms with Gasteiger partial charge in [0.2, 0.25) is 5.91 Å². The Hall–Kier alpha value is -2.48. The number of nitrogens with two attached hydrogens (primary N) is 2. The minimum absolute atomic E-state index is 0.209. The van der Waals surface area contributed by atoms with Gasteiger partial charge < -0.3 is 15.9 Å². The summed E-state index contributed by atoms with van der Waals surface area (Å²) in [6, 6.07) is 4.12. The first kappa shape index (κ1) is 16.4. The molecule has 1 aliphatic carbocycles. The highest BCUT2D eigenvalue weighted by atomic mass is 79.9. The Kier molecular flexibility index (Phi) is 4.75. The van der Waals surface area contributed by atoms with Gasteiger partial charge in [-0.25, -0.2) is 15.0 Å². The average molecular weight is 389 g/mol. The first-order valence-corrected chi connectivity index (χ1v) is 8.29. The summed E-state index contributed by atoms with van der Waals surface area (Å²) < 4.78 is 2.68. The third-order valence-electron chi connectivity index (χ3n) is 3.57. The van der Waals surface area contributed by atoms with Crippen LogP contribution in [0.15, 0.2) is 41.5 Å². The van der Waals surface area contributed by atoms with Gasteiger partial charge in [-0.2, -0.15) is 0 Å². The fraction of sp³-hybridized carbons (Fsp3) is 0.250. The van der Waals surface area contributed by atoms with Gasteiger partial charge in [0.15, 0.2) is 0 Å². The lowest BCUT2D eigenvalue weighted by molar-refractivity contribution is -0.117. The summed E-state index contributed by atoms with van der Waals surface area (Å²) in [5.41, 5.74) is 13.3. The fourth-order valence-corrected chi connectivity index (χ4v) is 2.51. The molecule has 1 saturated carbocycles. The molecule has 3 heterocycles. The number of rotatable bonds is 3. The zero-order valence-electron chi connectivity index (χ0n) is 12.9. The molecule has 24 heavy (non-hydrogen) atoms. The van der Waals surface area contributed by atoms with Crippen molar-refractivity contribution in [2.45, 2.75) is 25.2 Å². The zero-order chi connectivity index (χ0) is 17.1. The third-order valence-corrected chi connectivity index (χ3v) is 3.98. The highest BCUT2D eigenvalue weighted by Gasteiger charge is 2.23. The first-order chi connectivity index (χ1) is 11.5. The van der Waals surface area contributed by atoms with Gasteiger partial charge in [-0.3, -0.25) is 4.79 Å². The topological polar surface area (TPSA) is 112 Å². The van der Waals surface area contributed by atoms with Gasteiger partial charge >= 0.3 is 0 Å². The highest BCUT2D eigenvalue weighted by Crippen LogP contribution is 2.39. The lowest BCUT2D eigenvalue weighted by Crippen LogP contribution is -2.13. The van der Waals surface area contributed by atoms with Crippen LogP contribution in [0.4, 0.5) is 5.82 Å². The van der Waals surface area contributed by atoms with Crippen LogP contribution in [0.5, 0.6) is 0 Å². The summed E-state index contributed by atoms with van der Waals surface area (Å²) in [6.07, 6.45) is 9.80. The minimum Gasteiger partial charge on any atom is -0.382 e. The molecule has 1 fully saturated rings. The van der Waals surface area contributed by atoms with E-state index in [0.29, 0.717) is 10.4 Å². The monoisotopic (exact) mass is 388 g/mol. The maximum absolute atomic E-state index is 10.8. The van der Waals surface area contributed by atoms with Crippen molar-refractivity contribution in [3.63, 3.8) is 0 Å². The van der Waals surface area contributed by atoms with E-state index in [-0.39, 0.29) is 12.3 Å². The predicted molar refractivity (Wildman–Crippen MR) is 94.2 cm³/mol. The molecule has 0 bridgehead atoms. The molecule has 0 aliphatic heterocycles. The Balaban J connectivity index is 0.000000179. The van der Waals surface area contributed by atoms with Crippen LogP contribution in [0.25, 0.3) is 5.65 Å². The number of amides is 1. The van der Waals surface area contributed by atoms with Crippen molar-refractivity contribution in [1.29, 1.82) is 0 Å². The van der Waals surface area contributed by atoms with Gasteiger partial charge in [-0.05, 0) is 46.3 Å². The molecule has 4 rings (SSSR count). The Labute approximate surface area is 147 Å². The number of imidazole rings is 1. The van der Waals surface area contributed by atoms with E-state index in [1.54, 1.807) is 6.20 Å². The Morgan fingerprint density at radius 1 is 1.25 bits per heavy atom. The standard InChI is InChI=1S/C12H13N3O.C4H4BrN3/c13-11(16)5-10-7-15-6-9(8-1-2-8)3-4-12(15)14-10;5-3-1-8-4(6)2-7-3/h3-4,6-8H,1-2,5H2,(H2,13,16);1-2H,(H2,6,8). The largest absolute Gasteiger partial charge is 0.382 e. The zero-order valence-corrected chi connectivity index (χ0v) is 14.5. The minimum atomic E-state index is -0.342. The molecule has 3 aromatic heterocycles.